The molecule has 38 valence electrons. The molecule has 0 radical (unpaired) electrons. The molecule has 0 saturated carbocycles. The first kappa shape index (κ1) is 43.2. The normalized spacial score (nSPS) is 5.36. The van der Waals surface area contributed by atoms with Crippen molar-refractivity contribution in [3.05, 3.63) is 0 Å². The van der Waals surface area contributed by atoms with E-state index in [4.69, 9.17) is 19.2 Å². The van der Waals surface area contributed by atoms with E-state index < -0.39 is 7.82 Å². The van der Waals surface area contributed by atoms with Crippen molar-refractivity contribution in [1.82, 2.24) is 0 Å². The van der Waals surface area contributed by atoms with Crippen molar-refractivity contribution in [1.29, 1.82) is 0 Å². The van der Waals surface area contributed by atoms with E-state index in [1.807, 2.05) is 0 Å². The van der Waals surface area contributed by atoms with Crippen LogP contribution < -0.4 is 221 Å². The Labute approximate surface area is 371 Å². The van der Waals surface area contributed by atoms with Crippen LogP contribution in [0.25, 0.3) is 0 Å². The third-order valence-electron chi connectivity index (χ3n) is 0. The van der Waals surface area contributed by atoms with E-state index in [0.29, 0.717) is 0 Å². The molecule has 4 nitrogen and oxygen atoms in total. The van der Waals surface area contributed by atoms with Crippen LogP contribution in [0.4, 0.5) is 0 Å². The summed E-state index contributed by atoms with van der Waals surface area (Å²) in [6.45, 7) is 0. The fraction of sp³-hybridized carbons (Fsp3) is 0. The summed E-state index contributed by atoms with van der Waals surface area (Å²) in [4.78, 5) is 25.6. The zero-order valence-corrected chi connectivity index (χ0v) is 24.8. The van der Waals surface area contributed by atoms with Gasteiger partial charge in [0.2, 0.25) is 0 Å². The van der Waals surface area contributed by atoms with Gasteiger partial charge in [0, 0.05) is 0 Å². The molecule has 0 aromatic heterocycles. The van der Waals surface area contributed by atoms with Gasteiger partial charge in [-0.2, -0.15) is 7.82 Å². The standard InChI is InChI=1S/3Cs.3K.H3O4P.3H/c;;;;;;1-5(2,3)4;;;/h;;;;;;(H3,1,2,3,4);;;/q3*+1;;;;;;;/p-3. The molecule has 0 spiro atoms. The topological polar surface area (TPSA) is 86.2 Å². The minimum atomic E-state index is -5.39. The SMILES string of the molecule is O=P([O-])([O-])[O-].[Cs+].[Cs+].[Cs+].[KH].[KH].[KH]. The number of rotatable bonds is 0. The third kappa shape index (κ3) is 62.3. The van der Waals surface area contributed by atoms with Crippen molar-refractivity contribution in [3.8, 4) is 0 Å². The summed E-state index contributed by atoms with van der Waals surface area (Å²) in [5.41, 5.74) is 0. The second-order valence-corrected chi connectivity index (χ2v) is 1.34. The van der Waals surface area contributed by atoms with Gasteiger partial charge in [-0.1, -0.05) is 0 Å². The first-order valence-electron chi connectivity index (χ1n) is 0.730. The van der Waals surface area contributed by atoms with Crippen LogP contribution in [0.2, 0.25) is 0 Å². The fourth-order valence-corrected chi connectivity index (χ4v) is 0. The molecule has 0 aromatic carbocycles. The van der Waals surface area contributed by atoms with Gasteiger partial charge in [-0.3, -0.25) is 0 Å². The summed E-state index contributed by atoms with van der Waals surface area (Å²) < 4.78 is 8.55. The molecular weight excluding hydrogens is 611 g/mol. The average molecular weight is 614 g/mol. The van der Waals surface area contributed by atoms with E-state index in [0.717, 1.165) is 0 Å². The van der Waals surface area contributed by atoms with Crippen molar-refractivity contribution in [2.75, 3.05) is 0 Å². The summed E-state index contributed by atoms with van der Waals surface area (Å²) in [5, 5.41) is 0. The fourth-order valence-electron chi connectivity index (χ4n) is 0. The molecule has 0 aliphatic heterocycles. The van der Waals surface area contributed by atoms with Gasteiger partial charge in [-0.15, -0.1) is 0 Å². The van der Waals surface area contributed by atoms with E-state index in [1.54, 1.807) is 0 Å². The van der Waals surface area contributed by atoms with Crippen LogP contribution in [0.3, 0.4) is 0 Å². The van der Waals surface area contributed by atoms with Crippen LogP contribution in [-0.2, 0) is 4.57 Å². The predicted molar refractivity (Wildman–Crippen MR) is 29.1 cm³/mol. The Hall–Kier alpha value is 11.2. The van der Waals surface area contributed by atoms with E-state index in [2.05, 4.69) is 0 Å². The molecule has 0 aliphatic carbocycles. The van der Waals surface area contributed by atoms with Gasteiger partial charge >= 0.3 is 361 Å². The van der Waals surface area contributed by atoms with Crippen LogP contribution in [0, 0.1) is 0 Å². The predicted octanol–water partition coefficient (Wildman–Crippen LogP) is -13.8. The molecule has 0 N–H and O–H groups in total. The third-order valence-corrected chi connectivity index (χ3v) is 0. The molecule has 0 heterocycles. The van der Waals surface area contributed by atoms with Crippen LogP contribution in [-0.4, -0.2) is 154 Å². The Morgan fingerprint density at radius 3 is 0.727 bits per heavy atom. The molecule has 0 fully saturated rings. The Kier molecular flexibility index (Phi) is 115. The number of hydrogen-bond donors (Lipinski definition) is 0. The zero-order valence-electron chi connectivity index (χ0n) is 5.08. The Bertz CT molecular complexity index is 66.7. The van der Waals surface area contributed by atoms with Crippen molar-refractivity contribution in [2.45, 2.75) is 0 Å². The van der Waals surface area contributed by atoms with Gasteiger partial charge in [0.15, 0.2) is 0 Å². The molecule has 0 rings (SSSR count). The van der Waals surface area contributed by atoms with Gasteiger partial charge in [0.25, 0.3) is 0 Å². The van der Waals surface area contributed by atoms with Crippen molar-refractivity contribution in [3.63, 3.8) is 0 Å². The number of hydrogen-bond acceptors (Lipinski definition) is 4. The quantitative estimate of drug-likeness (QED) is 0.201. The maximum absolute atomic E-state index is 8.55. The molecule has 0 amide bonds. The van der Waals surface area contributed by atoms with E-state index in [1.165, 1.54) is 0 Å². The van der Waals surface area contributed by atoms with Crippen LogP contribution in [0.15, 0.2) is 0 Å². The summed E-state index contributed by atoms with van der Waals surface area (Å²) in [5.74, 6) is 0. The molecular formula is H3Cs3K3O4P. The summed E-state index contributed by atoms with van der Waals surface area (Å²) in [7, 11) is -5.39. The molecule has 0 aliphatic rings. The first-order valence-corrected chi connectivity index (χ1v) is 2.19. The van der Waals surface area contributed by atoms with Crippen LogP contribution >= 0.6 is 7.82 Å². The van der Waals surface area contributed by atoms with Crippen LogP contribution in [0.5, 0.6) is 0 Å². The molecule has 0 saturated heterocycles. The van der Waals surface area contributed by atoms with E-state index in [9.17, 15) is 0 Å². The summed E-state index contributed by atoms with van der Waals surface area (Å²) in [6.07, 6.45) is 0. The monoisotopic (exact) mass is 614 g/mol. The molecule has 0 unspecified atom stereocenters. The van der Waals surface area contributed by atoms with Crippen molar-refractivity contribution in [2.24, 2.45) is 0 Å². The van der Waals surface area contributed by atoms with Crippen LogP contribution in [0.1, 0.15) is 0 Å². The van der Waals surface area contributed by atoms with Gasteiger partial charge < -0.3 is 19.2 Å². The van der Waals surface area contributed by atoms with E-state index >= 15 is 0 Å². The first-order chi connectivity index (χ1) is 2.00. The van der Waals surface area contributed by atoms with E-state index in [-0.39, 0.29) is 361 Å². The van der Waals surface area contributed by atoms with Gasteiger partial charge in [-0.05, 0) is 0 Å². The number of phosphoric acid groups is 1. The average Bonchev–Trinajstić information content (AvgIpc) is 0.722. The zero-order chi connectivity index (χ0) is 4.50. The minimum absolute atomic E-state index is 0. The Balaban J connectivity index is -0.00000000533. The van der Waals surface area contributed by atoms with Crippen molar-refractivity contribution < 1.29 is 226 Å². The maximum atomic E-state index is 8.55. The Morgan fingerprint density at radius 1 is 0.727 bits per heavy atom. The molecule has 11 heteroatoms. The van der Waals surface area contributed by atoms with Crippen molar-refractivity contribution >= 4 is 162 Å². The van der Waals surface area contributed by atoms with Gasteiger partial charge in [0.1, 0.15) is 0 Å². The Morgan fingerprint density at radius 2 is 0.727 bits per heavy atom. The molecule has 0 bridgehead atoms. The molecule has 0 atom stereocenters. The second kappa shape index (κ2) is 29.2. The molecule has 0 aromatic rings. The molecule has 11 heavy (non-hydrogen) atoms. The summed E-state index contributed by atoms with van der Waals surface area (Å²) in [6, 6.07) is 0. The van der Waals surface area contributed by atoms with Gasteiger partial charge in [0.05, 0.1) is 0 Å². The van der Waals surface area contributed by atoms with Gasteiger partial charge in [-0.25, -0.2) is 0 Å². The second-order valence-electron chi connectivity index (χ2n) is 0.447. The summed E-state index contributed by atoms with van der Waals surface area (Å²) >= 11 is 0.